The molecule has 0 fully saturated rings. The standard InChI is InChI=1S/C34H37BN2/c1-22-17-24(3)32(25(4)18-22)35(33-26(5)19-23(2)20-27(33)6)29-12-8-11-28(21-29)34(7,30-13-9-15-36-30)31-14-10-16-37-31/h8-21,36-37H,1-7H3. The van der Waals surface area contributed by atoms with Crippen LogP contribution in [0, 0.1) is 41.5 Å². The van der Waals surface area contributed by atoms with Crippen LogP contribution >= 0.6 is 0 Å². The van der Waals surface area contributed by atoms with Crippen LogP contribution in [0.3, 0.4) is 0 Å². The van der Waals surface area contributed by atoms with Crippen LogP contribution in [-0.2, 0) is 5.41 Å². The Bertz CT molecular complexity index is 1400. The van der Waals surface area contributed by atoms with E-state index in [0.717, 1.165) is 0 Å². The molecule has 2 aromatic heterocycles. The summed E-state index contributed by atoms with van der Waals surface area (Å²) >= 11 is 0. The van der Waals surface area contributed by atoms with Gasteiger partial charge in [-0.15, -0.1) is 0 Å². The van der Waals surface area contributed by atoms with Crippen molar-refractivity contribution in [3.8, 4) is 0 Å². The molecule has 5 aromatic rings. The van der Waals surface area contributed by atoms with Crippen LogP contribution < -0.4 is 16.4 Å². The van der Waals surface area contributed by atoms with Crippen LogP contribution in [0.4, 0.5) is 0 Å². The van der Waals surface area contributed by atoms with E-state index >= 15 is 0 Å². The highest BCUT2D eigenvalue weighted by Gasteiger charge is 2.35. The minimum Gasteiger partial charge on any atom is -0.364 e. The predicted octanol–water partition coefficient (Wildman–Crippen LogP) is 6.06. The Labute approximate surface area is 222 Å². The van der Waals surface area contributed by atoms with Crippen molar-refractivity contribution >= 4 is 23.1 Å². The molecule has 0 saturated carbocycles. The molecule has 0 aliphatic rings. The van der Waals surface area contributed by atoms with Gasteiger partial charge in [-0.25, -0.2) is 0 Å². The highest BCUT2D eigenvalue weighted by Crippen LogP contribution is 2.36. The maximum atomic E-state index is 3.51. The molecule has 37 heavy (non-hydrogen) atoms. The Morgan fingerprint density at radius 1 is 0.568 bits per heavy atom. The number of benzene rings is 3. The van der Waals surface area contributed by atoms with Gasteiger partial charge in [0.25, 0.3) is 0 Å². The van der Waals surface area contributed by atoms with E-state index in [2.05, 4.69) is 131 Å². The fourth-order valence-electron chi connectivity index (χ4n) is 6.54. The monoisotopic (exact) mass is 484 g/mol. The number of rotatable bonds is 6. The van der Waals surface area contributed by atoms with Gasteiger partial charge in [0.15, 0.2) is 0 Å². The molecule has 5 rings (SSSR count). The second-order valence-corrected chi connectivity index (χ2v) is 11.0. The Kier molecular flexibility index (Phi) is 6.49. The zero-order chi connectivity index (χ0) is 26.3. The van der Waals surface area contributed by atoms with Gasteiger partial charge < -0.3 is 9.97 Å². The minimum absolute atomic E-state index is 0.151. The topological polar surface area (TPSA) is 31.6 Å². The number of nitrogens with one attached hydrogen (secondary N) is 2. The first-order chi connectivity index (χ1) is 17.7. The van der Waals surface area contributed by atoms with Crippen LogP contribution in [0.25, 0.3) is 0 Å². The average molecular weight is 484 g/mol. The lowest BCUT2D eigenvalue weighted by Gasteiger charge is -2.31. The molecule has 2 heterocycles. The minimum atomic E-state index is -0.331. The summed E-state index contributed by atoms with van der Waals surface area (Å²) in [5, 5.41) is 0. The molecule has 2 N–H and O–H groups in total. The average Bonchev–Trinajstić information content (AvgIpc) is 3.57. The third-order valence-corrected chi connectivity index (χ3v) is 8.12. The molecule has 0 spiro atoms. The normalized spacial score (nSPS) is 11.6. The number of aromatic nitrogens is 2. The summed E-state index contributed by atoms with van der Waals surface area (Å²) in [6.07, 6.45) is 4.03. The van der Waals surface area contributed by atoms with E-state index in [1.807, 2.05) is 12.4 Å². The molecular weight excluding hydrogens is 447 g/mol. The summed E-state index contributed by atoms with van der Waals surface area (Å²) in [5.41, 5.74) is 15.5. The van der Waals surface area contributed by atoms with Crippen molar-refractivity contribution < 1.29 is 0 Å². The van der Waals surface area contributed by atoms with E-state index in [-0.39, 0.29) is 12.1 Å². The van der Waals surface area contributed by atoms with Crippen molar-refractivity contribution in [2.45, 2.75) is 53.9 Å². The molecule has 0 atom stereocenters. The first-order valence-electron chi connectivity index (χ1n) is 13.2. The van der Waals surface area contributed by atoms with Crippen LogP contribution in [0.5, 0.6) is 0 Å². The summed E-state index contributed by atoms with van der Waals surface area (Å²) in [6, 6.07) is 27.1. The maximum Gasteiger partial charge on any atom is 0.242 e. The summed E-state index contributed by atoms with van der Waals surface area (Å²) in [7, 11) is 0. The second-order valence-electron chi connectivity index (χ2n) is 11.0. The van der Waals surface area contributed by atoms with Gasteiger partial charge in [-0.3, -0.25) is 0 Å². The van der Waals surface area contributed by atoms with E-state index in [9.17, 15) is 0 Å². The van der Waals surface area contributed by atoms with E-state index < -0.39 is 0 Å². The zero-order valence-electron chi connectivity index (χ0n) is 23.2. The molecule has 3 heteroatoms. The molecular formula is C34H37BN2. The molecule has 0 amide bonds. The van der Waals surface area contributed by atoms with Gasteiger partial charge in [0, 0.05) is 23.8 Å². The van der Waals surface area contributed by atoms with E-state index in [0.29, 0.717) is 0 Å². The number of aromatic amines is 2. The van der Waals surface area contributed by atoms with Gasteiger partial charge in [0.1, 0.15) is 0 Å². The molecule has 0 saturated heterocycles. The van der Waals surface area contributed by atoms with Crippen molar-refractivity contribution in [3.05, 3.63) is 136 Å². The highest BCUT2D eigenvalue weighted by atomic mass is 14.8. The lowest BCUT2D eigenvalue weighted by atomic mass is 9.34. The lowest BCUT2D eigenvalue weighted by molar-refractivity contribution is 0.651. The largest absolute Gasteiger partial charge is 0.364 e. The Morgan fingerprint density at radius 3 is 1.43 bits per heavy atom. The Morgan fingerprint density at radius 2 is 1.03 bits per heavy atom. The van der Waals surface area contributed by atoms with E-state index in [1.54, 1.807) is 0 Å². The summed E-state index contributed by atoms with van der Waals surface area (Å²) in [5.74, 6) is 0. The van der Waals surface area contributed by atoms with Gasteiger partial charge in [0.2, 0.25) is 6.71 Å². The molecule has 2 nitrogen and oxygen atoms in total. The Balaban J connectivity index is 1.79. The second kappa shape index (κ2) is 9.63. The maximum absolute atomic E-state index is 3.51. The molecule has 0 bridgehead atoms. The first-order valence-corrected chi connectivity index (χ1v) is 13.2. The number of hydrogen-bond acceptors (Lipinski definition) is 0. The number of aryl methyl sites for hydroxylation is 6. The summed E-state index contributed by atoms with van der Waals surface area (Å²) in [4.78, 5) is 7.01. The van der Waals surface area contributed by atoms with Gasteiger partial charge in [-0.05, 0) is 78.3 Å². The Hall–Kier alpha value is -3.72. The fraction of sp³-hybridized carbons (Fsp3) is 0.235. The van der Waals surface area contributed by atoms with Gasteiger partial charge >= 0.3 is 0 Å². The van der Waals surface area contributed by atoms with Crippen molar-refractivity contribution in [2.24, 2.45) is 0 Å². The van der Waals surface area contributed by atoms with Crippen LogP contribution in [0.15, 0.2) is 85.2 Å². The quantitative estimate of drug-likeness (QED) is 0.275. The van der Waals surface area contributed by atoms with Crippen LogP contribution in [0.1, 0.15) is 57.3 Å². The van der Waals surface area contributed by atoms with Crippen molar-refractivity contribution in [2.75, 3.05) is 0 Å². The molecule has 186 valence electrons. The third kappa shape index (κ3) is 4.37. The first kappa shape index (κ1) is 25.0. The molecule has 0 unspecified atom stereocenters. The van der Waals surface area contributed by atoms with E-state index in [1.165, 1.54) is 66.7 Å². The number of H-pyrrole nitrogens is 2. The SMILES string of the molecule is Cc1cc(C)c(B(c2cccc(C(C)(c3ccc[nH]3)c3ccc[nH]3)c2)c2c(C)cc(C)cc2C)c(C)c1. The van der Waals surface area contributed by atoms with Gasteiger partial charge in [0.05, 0.1) is 5.41 Å². The fourth-order valence-corrected chi connectivity index (χ4v) is 6.54. The van der Waals surface area contributed by atoms with Gasteiger partial charge in [-0.2, -0.15) is 0 Å². The van der Waals surface area contributed by atoms with Crippen LogP contribution in [-0.4, -0.2) is 16.7 Å². The summed E-state index contributed by atoms with van der Waals surface area (Å²) < 4.78 is 0. The van der Waals surface area contributed by atoms with Crippen molar-refractivity contribution in [1.82, 2.24) is 9.97 Å². The molecule has 0 aliphatic heterocycles. The van der Waals surface area contributed by atoms with Crippen molar-refractivity contribution in [3.63, 3.8) is 0 Å². The van der Waals surface area contributed by atoms with E-state index in [4.69, 9.17) is 0 Å². The van der Waals surface area contributed by atoms with Crippen molar-refractivity contribution in [1.29, 1.82) is 0 Å². The molecule has 3 aromatic carbocycles. The number of hydrogen-bond donors (Lipinski definition) is 2. The van der Waals surface area contributed by atoms with Gasteiger partial charge in [-0.1, -0.05) is 98.3 Å². The predicted molar refractivity (Wildman–Crippen MR) is 160 cm³/mol. The summed E-state index contributed by atoms with van der Waals surface area (Å²) in [6.45, 7) is 15.9. The smallest absolute Gasteiger partial charge is 0.242 e. The molecule has 0 radical (unpaired) electrons. The highest BCUT2D eigenvalue weighted by molar-refractivity contribution is 6.96. The van der Waals surface area contributed by atoms with Crippen LogP contribution in [0.2, 0.25) is 0 Å². The lowest BCUT2D eigenvalue weighted by Crippen LogP contribution is -2.56. The third-order valence-electron chi connectivity index (χ3n) is 8.12. The molecule has 0 aliphatic carbocycles. The zero-order valence-corrected chi connectivity index (χ0v) is 23.2.